The first-order valence-corrected chi connectivity index (χ1v) is 8.52. The van der Waals surface area contributed by atoms with Crippen LogP contribution in [0.5, 0.6) is 5.88 Å². The van der Waals surface area contributed by atoms with Crippen molar-refractivity contribution >= 4 is 34.0 Å². The number of halogens is 1. The zero-order valence-electron chi connectivity index (χ0n) is 13.7. The highest BCUT2D eigenvalue weighted by atomic mass is 127. The molecule has 0 aliphatic carbocycles. The molecule has 24 heavy (non-hydrogen) atoms. The molecule has 6 nitrogen and oxygen atoms in total. The topological polar surface area (TPSA) is 90.7 Å². The molecule has 124 valence electrons. The van der Waals surface area contributed by atoms with Gasteiger partial charge in [0.15, 0.2) is 5.69 Å². The maximum absolute atomic E-state index is 12.6. The Balaban J connectivity index is 2.62. The van der Waals surface area contributed by atoms with Crippen molar-refractivity contribution in [3.05, 3.63) is 48.8 Å². The number of aryl methyl sites for hydroxylation is 1. The van der Waals surface area contributed by atoms with Crippen LogP contribution in [0.1, 0.15) is 30.0 Å². The molecule has 1 heterocycles. The van der Waals surface area contributed by atoms with E-state index >= 15 is 0 Å². The molecular weight excluding hydrogens is 419 g/mol. The molecule has 1 aromatic carbocycles. The highest BCUT2D eigenvalue weighted by molar-refractivity contribution is 14.1. The summed E-state index contributed by atoms with van der Waals surface area (Å²) in [7, 11) is 0. The molecule has 1 N–H and O–H groups in total. The molecule has 0 radical (unpaired) electrons. The van der Waals surface area contributed by atoms with Crippen LogP contribution >= 0.6 is 22.6 Å². The SMILES string of the molecule is CCCn1c(O)c(C#N)c(C)c(N=Nc2ccc(I)cc2C)c1=O. The lowest BCUT2D eigenvalue weighted by atomic mass is 10.1. The first kappa shape index (κ1) is 18.1. The van der Waals surface area contributed by atoms with E-state index in [9.17, 15) is 15.2 Å². The second-order valence-electron chi connectivity index (χ2n) is 5.37. The summed E-state index contributed by atoms with van der Waals surface area (Å²) in [4.78, 5) is 12.6. The van der Waals surface area contributed by atoms with E-state index in [1.165, 1.54) is 4.57 Å². The van der Waals surface area contributed by atoms with E-state index in [0.29, 0.717) is 24.2 Å². The van der Waals surface area contributed by atoms with Gasteiger partial charge in [-0.05, 0) is 66.6 Å². The van der Waals surface area contributed by atoms with Gasteiger partial charge in [-0.1, -0.05) is 6.92 Å². The van der Waals surface area contributed by atoms with Crippen LogP contribution < -0.4 is 5.56 Å². The monoisotopic (exact) mass is 436 g/mol. The first-order chi connectivity index (χ1) is 11.4. The summed E-state index contributed by atoms with van der Waals surface area (Å²) in [6.07, 6.45) is 0.647. The van der Waals surface area contributed by atoms with Crippen LogP contribution in [0.4, 0.5) is 11.4 Å². The van der Waals surface area contributed by atoms with Crippen LogP contribution in [0.3, 0.4) is 0 Å². The molecule has 2 aromatic rings. The Bertz CT molecular complexity index is 910. The van der Waals surface area contributed by atoms with Gasteiger partial charge in [-0.3, -0.25) is 9.36 Å². The molecule has 0 spiro atoms. The Morgan fingerprint density at radius 2 is 2.04 bits per heavy atom. The lowest BCUT2D eigenvalue weighted by molar-refractivity contribution is 0.402. The summed E-state index contributed by atoms with van der Waals surface area (Å²) in [6.45, 7) is 5.69. The molecule has 0 fully saturated rings. The van der Waals surface area contributed by atoms with E-state index in [4.69, 9.17) is 0 Å². The molecule has 1 aromatic heterocycles. The van der Waals surface area contributed by atoms with Gasteiger partial charge in [-0.25, -0.2) is 0 Å². The average Bonchev–Trinajstić information content (AvgIpc) is 2.53. The van der Waals surface area contributed by atoms with E-state index < -0.39 is 5.56 Å². The Morgan fingerprint density at radius 1 is 1.33 bits per heavy atom. The minimum Gasteiger partial charge on any atom is -0.493 e. The summed E-state index contributed by atoms with van der Waals surface area (Å²) in [5.41, 5.74) is 1.61. The quantitative estimate of drug-likeness (QED) is 0.566. The Labute approximate surface area is 153 Å². The fourth-order valence-electron chi connectivity index (χ4n) is 2.32. The van der Waals surface area contributed by atoms with Crippen LogP contribution in [0.25, 0.3) is 0 Å². The average molecular weight is 436 g/mol. The molecule has 0 amide bonds. The van der Waals surface area contributed by atoms with Crippen molar-refractivity contribution in [3.8, 4) is 11.9 Å². The lowest BCUT2D eigenvalue weighted by Crippen LogP contribution is -2.21. The number of benzene rings is 1. The summed E-state index contributed by atoms with van der Waals surface area (Å²) < 4.78 is 2.25. The predicted molar refractivity (Wildman–Crippen MR) is 100 cm³/mol. The van der Waals surface area contributed by atoms with Crippen LogP contribution in [0.15, 0.2) is 33.2 Å². The summed E-state index contributed by atoms with van der Waals surface area (Å²) >= 11 is 2.21. The molecular formula is C17H17IN4O2. The summed E-state index contributed by atoms with van der Waals surface area (Å²) in [6, 6.07) is 7.63. The standard InChI is InChI=1S/C17H17IN4O2/c1-4-7-22-16(23)13(9-19)11(3)15(17(22)24)21-20-14-6-5-12(18)8-10(14)2/h5-6,8,23H,4,7H2,1-3H3. The fraction of sp³-hybridized carbons (Fsp3) is 0.294. The molecule has 0 unspecified atom stereocenters. The van der Waals surface area contributed by atoms with E-state index in [0.717, 1.165) is 9.13 Å². The van der Waals surface area contributed by atoms with E-state index in [1.54, 1.807) is 6.92 Å². The van der Waals surface area contributed by atoms with Crippen molar-refractivity contribution in [1.82, 2.24) is 4.57 Å². The lowest BCUT2D eigenvalue weighted by Gasteiger charge is -2.12. The Hall–Kier alpha value is -2.21. The van der Waals surface area contributed by atoms with E-state index in [1.807, 2.05) is 38.1 Å². The van der Waals surface area contributed by atoms with E-state index in [-0.39, 0.29) is 17.1 Å². The van der Waals surface area contributed by atoms with Crippen molar-refractivity contribution in [2.75, 3.05) is 0 Å². The Morgan fingerprint density at radius 3 is 2.62 bits per heavy atom. The number of aromatic nitrogens is 1. The second-order valence-corrected chi connectivity index (χ2v) is 6.62. The molecule has 7 heteroatoms. The predicted octanol–water partition coefficient (Wildman–Crippen LogP) is 4.47. The minimum atomic E-state index is -0.447. The maximum Gasteiger partial charge on any atom is 0.281 e. The number of azo groups is 1. The number of hydrogen-bond acceptors (Lipinski definition) is 5. The van der Waals surface area contributed by atoms with E-state index in [2.05, 4.69) is 32.8 Å². The third-order valence-electron chi connectivity index (χ3n) is 3.63. The van der Waals surface area contributed by atoms with Crippen LogP contribution in [0, 0.1) is 28.7 Å². The normalized spacial score (nSPS) is 11.0. The molecule has 0 saturated carbocycles. The zero-order valence-corrected chi connectivity index (χ0v) is 15.8. The summed E-state index contributed by atoms with van der Waals surface area (Å²) in [5, 5.41) is 27.7. The molecule has 0 bridgehead atoms. The van der Waals surface area contributed by atoms with Crippen molar-refractivity contribution in [2.24, 2.45) is 10.2 Å². The van der Waals surface area contributed by atoms with Crippen molar-refractivity contribution in [1.29, 1.82) is 5.26 Å². The third-order valence-corrected chi connectivity index (χ3v) is 4.30. The molecule has 0 aliphatic heterocycles. The minimum absolute atomic E-state index is 0.0522. The fourth-order valence-corrected chi connectivity index (χ4v) is 2.97. The Kier molecular flexibility index (Phi) is 5.72. The highest BCUT2D eigenvalue weighted by Crippen LogP contribution is 2.28. The number of pyridine rings is 1. The van der Waals surface area contributed by atoms with Crippen molar-refractivity contribution in [3.63, 3.8) is 0 Å². The van der Waals surface area contributed by atoms with Gasteiger partial charge in [0, 0.05) is 15.7 Å². The first-order valence-electron chi connectivity index (χ1n) is 7.45. The molecule has 0 aliphatic rings. The van der Waals surface area contributed by atoms with Crippen molar-refractivity contribution < 1.29 is 5.11 Å². The van der Waals surface area contributed by atoms with Gasteiger partial charge in [0.1, 0.15) is 11.6 Å². The van der Waals surface area contributed by atoms with Gasteiger partial charge in [-0.2, -0.15) is 10.4 Å². The number of aromatic hydroxyl groups is 1. The van der Waals surface area contributed by atoms with Gasteiger partial charge < -0.3 is 5.11 Å². The number of nitrogens with zero attached hydrogens (tertiary/aromatic N) is 4. The summed E-state index contributed by atoms with van der Waals surface area (Å²) in [5.74, 6) is -0.314. The number of nitriles is 1. The smallest absolute Gasteiger partial charge is 0.281 e. The molecule has 2 rings (SSSR count). The van der Waals surface area contributed by atoms with Gasteiger partial charge in [0.25, 0.3) is 5.56 Å². The second kappa shape index (κ2) is 7.57. The van der Waals surface area contributed by atoms with Crippen LogP contribution in [-0.4, -0.2) is 9.67 Å². The largest absolute Gasteiger partial charge is 0.493 e. The van der Waals surface area contributed by atoms with Gasteiger partial charge in [0.05, 0.1) is 5.69 Å². The van der Waals surface area contributed by atoms with Gasteiger partial charge >= 0.3 is 0 Å². The maximum atomic E-state index is 12.6. The zero-order chi connectivity index (χ0) is 17.9. The molecule has 0 atom stereocenters. The number of hydrogen-bond donors (Lipinski definition) is 1. The number of rotatable bonds is 4. The van der Waals surface area contributed by atoms with Crippen LogP contribution in [-0.2, 0) is 6.54 Å². The van der Waals surface area contributed by atoms with Crippen molar-refractivity contribution in [2.45, 2.75) is 33.7 Å². The third kappa shape index (κ3) is 3.48. The van der Waals surface area contributed by atoms with Gasteiger partial charge in [0.2, 0.25) is 5.88 Å². The molecule has 0 saturated heterocycles. The van der Waals surface area contributed by atoms with Gasteiger partial charge in [-0.15, -0.1) is 5.11 Å². The van der Waals surface area contributed by atoms with Crippen LogP contribution in [0.2, 0.25) is 0 Å². The highest BCUT2D eigenvalue weighted by Gasteiger charge is 2.18.